The lowest BCUT2D eigenvalue weighted by atomic mass is 10.0. The van der Waals surface area contributed by atoms with E-state index in [0.717, 1.165) is 29.2 Å². The van der Waals surface area contributed by atoms with Crippen molar-refractivity contribution in [2.24, 2.45) is 0 Å². The fourth-order valence-electron chi connectivity index (χ4n) is 3.68. The lowest BCUT2D eigenvalue weighted by Gasteiger charge is -2.26. The second-order valence-electron chi connectivity index (χ2n) is 6.20. The molecule has 0 fully saturated rings. The van der Waals surface area contributed by atoms with Gasteiger partial charge in [0.25, 0.3) is 5.91 Å². The fraction of sp³-hybridized carbons (Fsp3) is 0.190. The van der Waals surface area contributed by atoms with Crippen LogP contribution in [-0.4, -0.2) is 17.9 Å². The Kier molecular flexibility index (Phi) is 3.38. The quantitative estimate of drug-likeness (QED) is 0.677. The van der Waals surface area contributed by atoms with E-state index >= 15 is 0 Å². The van der Waals surface area contributed by atoms with Gasteiger partial charge in [-0.15, -0.1) is 0 Å². The molecule has 0 spiro atoms. The van der Waals surface area contributed by atoms with Gasteiger partial charge >= 0.3 is 0 Å². The maximum absolute atomic E-state index is 13.1. The molecule has 0 heterocycles. The summed E-state index contributed by atoms with van der Waals surface area (Å²) in [6.07, 6.45) is 2.06. The number of hydrogen-bond donors (Lipinski definition) is 0. The number of carbonyl (C=O) groups excluding carboxylic acids is 1. The zero-order chi connectivity index (χ0) is 15.8. The van der Waals surface area contributed by atoms with Crippen LogP contribution >= 0.6 is 0 Å². The fourth-order valence-corrected chi connectivity index (χ4v) is 3.68. The average Bonchev–Trinajstić information content (AvgIpc) is 3.04. The Labute approximate surface area is 136 Å². The highest BCUT2D eigenvalue weighted by Crippen LogP contribution is 2.36. The molecule has 0 aliphatic heterocycles. The third kappa shape index (κ3) is 2.31. The molecule has 0 bridgehead atoms. The standard InChI is InChI=1S/C21H19NO/c1-22(20-14-13-16-8-3-5-11-18(16)20)21(23)19-12-6-9-15-7-2-4-10-17(15)19/h2-12,20H,13-14H2,1H3. The van der Waals surface area contributed by atoms with Crippen LogP contribution in [0.25, 0.3) is 10.8 Å². The van der Waals surface area contributed by atoms with Gasteiger partial charge in [-0.1, -0.05) is 60.7 Å². The Balaban J connectivity index is 1.72. The van der Waals surface area contributed by atoms with Crippen molar-refractivity contribution in [3.05, 3.63) is 83.4 Å². The van der Waals surface area contributed by atoms with Crippen molar-refractivity contribution in [3.63, 3.8) is 0 Å². The van der Waals surface area contributed by atoms with Crippen LogP contribution in [0.15, 0.2) is 66.7 Å². The molecule has 0 saturated carbocycles. The van der Waals surface area contributed by atoms with E-state index in [0.29, 0.717) is 0 Å². The zero-order valence-electron chi connectivity index (χ0n) is 13.2. The maximum atomic E-state index is 13.1. The number of fused-ring (bicyclic) bond motifs is 2. The van der Waals surface area contributed by atoms with E-state index in [4.69, 9.17) is 0 Å². The van der Waals surface area contributed by atoms with E-state index in [9.17, 15) is 4.79 Å². The summed E-state index contributed by atoms with van der Waals surface area (Å²) in [4.78, 5) is 15.0. The molecule has 0 radical (unpaired) electrons. The predicted octanol–water partition coefficient (Wildman–Crippen LogP) is 4.60. The first-order valence-corrected chi connectivity index (χ1v) is 8.08. The summed E-state index contributed by atoms with van der Waals surface area (Å²) in [7, 11) is 1.93. The molecule has 1 aliphatic carbocycles. The number of aryl methyl sites for hydroxylation is 1. The van der Waals surface area contributed by atoms with Crippen molar-refractivity contribution >= 4 is 16.7 Å². The number of nitrogens with zero attached hydrogens (tertiary/aromatic N) is 1. The number of amides is 1. The molecule has 4 rings (SSSR count). The minimum atomic E-state index is 0.100. The molecular weight excluding hydrogens is 282 g/mol. The van der Waals surface area contributed by atoms with Gasteiger partial charge in [0.2, 0.25) is 0 Å². The summed E-state index contributed by atoms with van der Waals surface area (Å²) < 4.78 is 0. The molecule has 1 aliphatic rings. The van der Waals surface area contributed by atoms with Gasteiger partial charge in [-0.2, -0.15) is 0 Å². The smallest absolute Gasteiger partial charge is 0.254 e. The summed E-state index contributed by atoms with van der Waals surface area (Å²) in [5.41, 5.74) is 3.45. The molecule has 3 aromatic carbocycles. The molecule has 0 aromatic heterocycles. The number of carbonyl (C=O) groups is 1. The SMILES string of the molecule is CN(C(=O)c1cccc2ccccc12)C1CCc2ccccc21. The number of hydrogen-bond acceptors (Lipinski definition) is 1. The Hall–Kier alpha value is -2.61. The first-order chi connectivity index (χ1) is 11.3. The van der Waals surface area contributed by atoms with Gasteiger partial charge in [0.1, 0.15) is 0 Å². The van der Waals surface area contributed by atoms with Gasteiger partial charge in [-0.25, -0.2) is 0 Å². The Morgan fingerprint density at radius 2 is 1.70 bits per heavy atom. The first-order valence-electron chi connectivity index (χ1n) is 8.08. The third-order valence-corrected chi connectivity index (χ3v) is 4.91. The maximum Gasteiger partial charge on any atom is 0.254 e. The van der Waals surface area contributed by atoms with E-state index in [1.807, 2.05) is 42.3 Å². The summed E-state index contributed by atoms with van der Waals surface area (Å²) >= 11 is 0. The number of benzene rings is 3. The topological polar surface area (TPSA) is 20.3 Å². The van der Waals surface area contributed by atoms with E-state index < -0.39 is 0 Å². The van der Waals surface area contributed by atoms with Crippen LogP contribution in [0.3, 0.4) is 0 Å². The monoisotopic (exact) mass is 301 g/mol. The highest BCUT2D eigenvalue weighted by molar-refractivity contribution is 6.07. The van der Waals surface area contributed by atoms with Crippen LogP contribution in [0, 0.1) is 0 Å². The lowest BCUT2D eigenvalue weighted by Crippen LogP contribution is -2.30. The van der Waals surface area contributed by atoms with Gasteiger partial charge < -0.3 is 4.90 Å². The van der Waals surface area contributed by atoms with Crippen molar-refractivity contribution in [1.29, 1.82) is 0 Å². The molecule has 1 atom stereocenters. The molecule has 0 N–H and O–H groups in total. The van der Waals surface area contributed by atoms with E-state index in [1.165, 1.54) is 11.1 Å². The van der Waals surface area contributed by atoms with E-state index in [1.54, 1.807) is 0 Å². The molecule has 23 heavy (non-hydrogen) atoms. The van der Waals surface area contributed by atoms with E-state index in [-0.39, 0.29) is 11.9 Å². The summed E-state index contributed by atoms with van der Waals surface area (Å²) in [5, 5.41) is 2.14. The van der Waals surface area contributed by atoms with Gasteiger partial charge in [-0.05, 0) is 40.8 Å². The Morgan fingerprint density at radius 3 is 2.61 bits per heavy atom. The highest BCUT2D eigenvalue weighted by Gasteiger charge is 2.29. The van der Waals surface area contributed by atoms with Crippen molar-refractivity contribution in [1.82, 2.24) is 4.90 Å². The first kappa shape index (κ1) is 14.0. The highest BCUT2D eigenvalue weighted by atomic mass is 16.2. The molecule has 2 heteroatoms. The van der Waals surface area contributed by atoms with E-state index in [2.05, 4.69) is 36.4 Å². The minimum Gasteiger partial charge on any atom is -0.335 e. The Bertz CT molecular complexity index is 878. The Morgan fingerprint density at radius 1 is 0.957 bits per heavy atom. The third-order valence-electron chi connectivity index (χ3n) is 4.91. The van der Waals surface area contributed by atoms with Gasteiger partial charge in [0.15, 0.2) is 0 Å². The molecule has 3 aromatic rings. The van der Waals surface area contributed by atoms with Crippen molar-refractivity contribution in [3.8, 4) is 0 Å². The molecule has 1 unspecified atom stereocenters. The van der Waals surface area contributed by atoms with Crippen LogP contribution in [-0.2, 0) is 6.42 Å². The molecule has 114 valence electrons. The van der Waals surface area contributed by atoms with Crippen LogP contribution < -0.4 is 0 Å². The van der Waals surface area contributed by atoms with Gasteiger partial charge in [-0.3, -0.25) is 4.79 Å². The van der Waals surface area contributed by atoms with Crippen LogP contribution in [0.2, 0.25) is 0 Å². The molecule has 0 saturated heterocycles. The molecular formula is C21H19NO. The summed E-state index contributed by atoms with van der Waals surface area (Å²) in [6, 6.07) is 22.7. The van der Waals surface area contributed by atoms with Crippen molar-refractivity contribution in [2.45, 2.75) is 18.9 Å². The minimum absolute atomic E-state index is 0.100. The van der Waals surface area contributed by atoms with Crippen LogP contribution in [0.1, 0.15) is 33.9 Å². The normalized spacial score (nSPS) is 16.3. The van der Waals surface area contributed by atoms with Crippen molar-refractivity contribution in [2.75, 3.05) is 7.05 Å². The van der Waals surface area contributed by atoms with Crippen LogP contribution in [0.5, 0.6) is 0 Å². The second-order valence-corrected chi connectivity index (χ2v) is 6.20. The van der Waals surface area contributed by atoms with Crippen LogP contribution in [0.4, 0.5) is 0 Å². The lowest BCUT2D eigenvalue weighted by molar-refractivity contribution is 0.0732. The van der Waals surface area contributed by atoms with Crippen molar-refractivity contribution < 1.29 is 4.79 Å². The largest absolute Gasteiger partial charge is 0.335 e. The molecule has 1 amide bonds. The van der Waals surface area contributed by atoms with Gasteiger partial charge in [0, 0.05) is 12.6 Å². The predicted molar refractivity (Wildman–Crippen MR) is 93.5 cm³/mol. The number of rotatable bonds is 2. The summed E-state index contributed by atoms with van der Waals surface area (Å²) in [6.45, 7) is 0. The zero-order valence-corrected chi connectivity index (χ0v) is 13.2. The van der Waals surface area contributed by atoms with Gasteiger partial charge in [0.05, 0.1) is 6.04 Å². The average molecular weight is 301 g/mol. The second kappa shape index (κ2) is 5.54. The summed E-state index contributed by atoms with van der Waals surface area (Å²) in [5.74, 6) is 0.100. The molecule has 2 nitrogen and oxygen atoms in total.